The average Bonchev–Trinajstić information content (AvgIpc) is 2.37. The number of nitrogens with zero attached hydrogens (tertiary/aromatic N) is 2. The molecule has 0 fully saturated rings. The van der Waals surface area contributed by atoms with E-state index in [1.165, 1.54) is 19.3 Å². The van der Waals surface area contributed by atoms with E-state index in [9.17, 15) is 18.0 Å². The number of alkyl halides is 3. The van der Waals surface area contributed by atoms with Gasteiger partial charge in [-0.3, -0.25) is 4.79 Å². The first-order valence-electron chi connectivity index (χ1n) is 5.96. The third-order valence-electron chi connectivity index (χ3n) is 2.51. The van der Waals surface area contributed by atoms with Gasteiger partial charge < -0.3 is 10.2 Å². The molecule has 1 heterocycles. The lowest BCUT2D eigenvalue weighted by atomic mass is 10.2. The van der Waals surface area contributed by atoms with Crippen molar-refractivity contribution in [3.05, 3.63) is 22.8 Å². The molecule has 1 amide bonds. The van der Waals surface area contributed by atoms with Crippen molar-refractivity contribution in [2.75, 3.05) is 25.5 Å². The van der Waals surface area contributed by atoms with Crippen molar-refractivity contribution in [2.24, 2.45) is 0 Å². The summed E-state index contributed by atoms with van der Waals surface area (Å²) in [6.45, 7) is 2.07. The molecule has 0 atom stereocenters. The molecule has 1 aromatic heterocycles. The molecule has 0 saturated heterocycles. The standard InChI is InChI=1S/C12H15ClF3N3O/c1-3-17-10-9(13)6-8(7-18-10)11(20)19(2)5-4-12(14,15)16/h6-7H,3-5H2,1-2H3,(H,17,18). The van der Waals surface area contributed by atoms with Gasteiger partial charge in [-0.25, -0.2) is 4.98 Å². The first-order chi connectivity index (χ1) is 9.24. The van der Waals surface area contributed by atoms with E-state index in [-0.39, 0.29) is 10.6 Å². The third kappa shape index (κ3) is 4.88. The zero-order valence-electron chi connectivity index (χ0n) is 11.1. The number of rotatable bonds is 5. The number of nitrogens with one attached hydrogen (secondary N) is 1. The van der Waals surface area contributed by atoms with E-state index in [0.29, 0.717) is 12.4 Å². The minimum Gasteiger partial charge on any atom is -0.369 e. The molecule has 0 radical (unpaired) electrons. The molecule has 0 aromatic carbocycles. The van der Waals surface area contributed by atoms with Crippen LogP contribution in [0, 0.1) is 0 Å². The number of amides is 1. The predicted molar refractivity (Wildman–Crippen MR) is 71.0 cm³/mol. The molecule has 0 saturated carbocycles. The monoisotopic (exact) mass is 309 g/mol. The maximum Gasteiger partial charge on any atom is 0.390 e. The highest BCUT2D eigenvalue weighted by Crippen LogP contribution is 2.22. The van der Waals surface area contributed by atoms with Gasteiger partial charge in [0.15, 0.2) is 0 Å². The number of hydrogen-bond acceptors (Lipinski definition) is 3. The second-order valence-corrected chi connectivity index (χ2v) is 4.58. The topological polar surface area (TPSA) is 45.2 Å². The van der Waals surface area contributed by atoms with E-state index >= 15 is 0 Å². The molecular formula is C12H15ClF3N3O. The van der Waals surface area contributed by atoms with Crippen molar-refractivity contribution in [1.82, 2.24) is 9.88 Å². The minimum absolute atomic E-state index is 0.154. The van der Waals surface area contributed by atoms with Crippen LogP contribution in [-0.2, 0) is 0 Å². The van der Waals surface area contributed by atoms with Gasteiger partial charge in [0.1, 0.15) is 5.82 Å². The van der Waals surface area contributed by atoms with Crippen LogP contribution >= 0.6 is 11.6 Å². The molecule has 0 aliphatic heterocycles. The van der Waals surface area contributed by atoms with Crippen LogP contribution in [0.25, 0.3) is 0 Å². The molecule has 112 valence electrons. The zero-order valence-corrected chi connectivity index (χ0v) is 11.8. The average molecular weight is 310 g/mol. The molecule has 0 spiro atoms. The van der Waals surface area contributed by atoms with E-state index in [1.807, 2.05) is 6.92 Å². The highest BCUT2D eigenvalue weighted by Gasteiger charge is 2.28. The highest BCUT2D eigenvalue weighted by molar-refractivity contribution is 6.33. The van der Waals surface area contributed by atoms with Crippen LogP contribution in [0.5, 0.6) is 0 Å². The molecule has 20 heavy (non-hydrogen) atoms. The molecule has 0 unspecified atom stereocenters. The Hall–Kier alpha value is -1.50. The summed E-state index contributed by atoms with van der Waals surface area (Å²) in [6, 6.07) is 1.39. The number of halogens is 4. The van der Waals surface area contributed by atoms with E-state index in [2.05, 4.69) is 10.3 Å². The van der Waals surface area contributed by atoms with Gasteiger partial charge in [-0.15, -0.1) is 0 Å². The van der Waals surface area contributed by atoms with Crippen molar-refractivity contribution in [2.45, 2.75) is 19.5 Å². The van der Waals surface area contributed by atoms with Crippen LogP contribution < -0.4 is 5.32 Å². The maximum absolute atomic E-state index is 12.1. The number of carbonyl (C=O) groups excluding carboxylic acids is 1. The smallest absolute Gasteiger partial charge is 0.369 e. The summed E-state index contributed by atoms with van der Waals surface area (Å²) in [6.07, 6.45) is -4.05. The summed E-state index contributed by atoms with van der Waals surface area (Å²) in [5.41, 5.74) is 0.154. The Morgan fingerprint density at radius 1 is 1.50 bits per heavy atom. The summed E-state index contributed by atoms with van der Waals surface area (Å²) in [4.78, 5) is 16.9. The number of anilines is 1. The fourth-order valence-electron chi connectivity index (χ4n) is 1.47. The van der Waals surface area contributed by atoms with Crippen molar-refractivity contribution < 1.29 is 18.0 Å². The lowest BCUT2D eigenvalue weighted by Crippen LogP contribution is -2.30. The van der Waals surface area contributed by atoms with Gasteiger partial charge in [0.25, 0.3) is 5.91 Å². The fourth-order valence-corrected chi connectivity index (χ4v) is 1.70. The Bertz CT molecular complexity index is 480. The number of pyridine rings is 1. The van der Waals surface area contributed by atoms with Crippen LogP contribution in [0.2, 0.25) is 5.02 Å². The first-order valence-corrected chi connectivity index (χ1v) is 6.34. The lowest BCUT2D eigenvalue weighted by Gasteiger charge is -2.18. The molecule has 1 N–H and O–H groups in total. The summed E-state index contributed by atoms with van der Waals surface area (Å²) >= 11 is 5.93. The maximum atomic E-state index is 12.1. The number of hydrogen-bond donors (Lipinski definition) is 1. The van der Waals surface area contributed by atoms with Crippen molar-refractivity contribution >= 4 is 23.3 Å². The molecule has 0 aliphatic rings. The molecule has 8 heteroatoms. The SMILES string of the molecule is CCNc1ncc(C(=O)N(C)CCC(F)(F)F)cc1Cl. The fraction of sp³-hybridized carbons (Fsp3) is 0.500. The quantitative estimate of drug-likeness (QED) is 0.908. The summed E-state index contributed by atoms with van der Waals surface area (Å²) in [7, 11) is 1.31. The van der Waals surface area contributed by atoms with Crippen LogP contribution in [0.15, 0.2) is 12.3 Å². The van der Waals surface area contributed by atoms with Gasteiger partial charge in [-0.05, 0) is 13.0 Å². The van der Waals surface area contributed by atoms with Crippen LogP contribution in [0.3, 0.4) is 0 Å². The Kier molecular flexibility index (Phi) is 5.62. The van der Waals surface area contributed by atoms with E-state index < -0.39 is 25.0 Å². The summed E-state index contributed by atoms with van der Waals surface area (Å²) in [5, 5.41) is 3.15. The van der Waals surface area contributed by atoms with Gasteiger partial charge in [0, 0.05) is 26.3 Å². The summed E-state index contributed by atoms with van der Waals surface area (Å²) < 4.78 is 36.3. The minimum atomic E-state index is -4.29. The lowest BCUT2D eigenvalue weighted by molar-refractivity contribution is -0.136. The zero-order chi connectivity index (χ0) is 15.3. The van der Waals surface area contributed by atoms with Gasteiger partial charge in [0.05, 0.1) is 17.0 Å². The van der Waals surface area contributed by atoms with Crippen molar-refractivity contribution in [3.8, 4) is 0 Å². The molecular weight excluding hydrogens is 295 g/mol. The van der Waals surface area contributed by atoms with Crippen LogP contribution in [-0.4, -0.2) is 42.1 Å². The number of aromatic nitrogens is 1. The third-order valence-corrected chi connectivity index (χ3v) is 2.80. The Labute approximate surface area is 119 Å². The molecule has 4 nitrogen and oxygen atoms in total. The second kappa shape index (κ2) is 6.78. The van der Waals surface area contributed by atoms with E-state index in [1.54, 1.807) is 0 Å². The highest BCUT2D eigenvalue weighted by atomic mass is 35.5. The molecule has 0 aliphatic carbocycles. The van der Waals surface area contributed by atoms with E-state index in [0.717, 1.165) is 4.90 Å². The van der Waals surface area contributed by atoms with Crippen LogP contribution in [0.1, 0.15) is 23.7 Å². The first kappa shape index (κ1) is 16.6. The van der Waals surface area contributed by atoms with Crippen molar-refractivity contribution in [3.63, 3.8) is 0 Å². The van der Waals surface area contributed by atoms with Crippen molar-refractivity contribution in [1.29, 1.82) is 0 Å². The van der Waals surface area contributed by atoms with Gasteiger partial charge >= 0.3 is 6.18 Å². The van der Waals surface area contributed by atoms with E-state index in [4.69, 9.17) is 11.6 Å². The molecule has 0 bridgehead atoms. The van der Waals surface area contributed by atoms with Gasteiger partial charge in [-0.1, -0.05) is 11.6 Å². The summed E-state index contributed by atoms with van der Waals surface area (Å²) in [5.74, 6) is -0.115. The van der Waals surface area contributed by atoms with Crippen LogP contribution in [0.4, 0.5) is 19.0 Å². The predicted octanol–water partition coefficient (Wildman–Crippen LogP) is 3.19. The van der Waals surface area contributed by atoms with Gasteiger partial charge in [0.2, 0.25) is 0 Å². The van der Waals surface area contributed by atoms with Gasteiger partial charge in [-0.2, -0.15) is 13.2 Å². The normalized spacial score (nSPS) is 11.3. The Balaban J connectivity index is 2.74. The largest absolute Gasteiger partial charge is 0.390 e. The second-order valence-electron chi connectivity index (χ2n) is 4.18. The molecule has 1 aromatic rings. The molecule has 1 rings (SSSR count). The number of carbonyl (C=O) groups is 1. The Morgan fingerprint density at radius 2 is 2.15 bits per heavy atom. The Morgan fingerprint density at radius 3 is 2.65 bits per heavy atom.